The van der Waals surface area contributed by atoms with Crippen molar-refractivity contribution in [2.24, 2.45) is 11.7 Å². The summed E-state index contributed by atoms with van der Waals surface area (Å²) >= 11 is 3.36. The van der Waals surface area contributed by atoms with Crippen LogP contribution in [-0.2, 0) is 9.59 Å². The summed E-state index contributed by atoms with van der Waals surface area (Å²) in [6, 6.07) is 9.34. The summed E-state index contributed by atoms with van der Waals surface area (Å²) in [6.45, 7) is 0.158. The second kappa shape index (κ2) is 5.85. The third-order valence-electron chi connectivity index (χ3n) is 3.72. The molecule has 116 valence electrons. The molecule has 1 aromatic heterocycles. The van der Waals surface area contributed by atoms with Crippen LogP contribution < -0.4 is 10.6 Å². The van der Waals surface area contributed by atoms with E-state index in [1.165, 1.54) is 15.8 Å². The Morgan fingerprint density at radius 3 is 2.65 bits per heavy atom. The van der Waals surface area contributed by atoms with Crippen LogP contribution in [0.25, 0.3) is 5.69 Å². The Labute approximate surface area is 140 Å². The molecule has 0 radical (unpaired) electrons. The fourth-order valence-electron chi connectivity index (χ4n) is 2.55. The molecule has 1 atom stereocenters. The first-order chi connectivity index (χ1) is 11.0. The summed E-state index contributed by atoms with van der Waals surface area (Å²) in [4.78, 5) is 25.0. The lowest BCUT2D eigenvalue weighted by Crippen LogP contribution is -2.30. The smallest absolute Gasteiger partial charge is 0.229 e. The van der Waals surface area contributed by atoms with E-state index in [1.807, 2.05) is 30.3 Å². The van der Waals surface area contributed by atoms with Crippen molar-refractivity contribution >= 4 is 33.6 Å². The van der Waals surface area contributed by atoms with Crippen molar-refractivity contribution in [2.45, 2.75) is 6.42 Å². The molecule has 1 aliphatic heterocycles. The molecule has 1 aliphatic rings. The monoisotopic (exact) mass is 373 g/mol. The van der Waals surface area contributed by atoms with Gasteiger partial charge in [0.15, 0.2) is 5.82 Å². The fraction of sp³-hybridized carbons (Fsp3) is 0.200. The predicted octanol–water partition coefficient (Wildman–Crippen LogP) is 1.34. The molecule has 7 nitrogen and oxygen atoms in total. The number of hydrogen-bond acceptors (Lipinski definition) is 4. The number of carbonyl (C=O) groups excluding carboxylic acids is 2. The van der Waals surface area contributed by atoms with E-state index < -0.39 is 11.8 Å². The molecule has 2 aromatic rings. The van der Waals surface area contributed by atoms with Gasteiger partial charge in [-0.1, -0.05) is 15.9 Å². The first kappa shape index (κ1) is 15.2. The molecule has 1 fully saturated rings. The number of nitrogens with zero attached hydrogens (tertiary/aromatic N) is 4. The number of carbonyl (C=O) groups is 2. The van der Waals surface area contributed by atoms with Crippen molar-refractivity contribution in [1.29, 1.82) is 5.26 Å². The molecular formula is C15H12BrN5O2. The van der Waals surface area contributed by atoms with Gasteiger partial charge in [0.25, 0.3) is 0 Å². The Morgan fingerprint density at radius 2 is 2.09 bits per heavy atom. The molecule has 0 aliphatic carbocycles. The molecule has 3 rings (SSSR count). The minimum absolute atomic E-state index is 0.0473. The maximum Gasteiger partial charge on any atom is 0.229 e. The van der Waals surface area contributed by atoms with E-state index in [2.05, 4.69) is 21.0 Å². The van der Waals surface area contributed by atoms with Crippen molar-refractivity contribution in [3.05, 3.63) is 40.5 Å². The summed E-state index contributed by atoms with van der Waals surface area (Å²) in [5, 5.41) is 13.5. The number of rotatable bonds is 3. The SMILES string of the molecule is N#Cc1cnn(-c2ccc(Br)cc2)c1N1CC(C(N)=O)CC1=O. The number of hydrogen-bond donors (Lipinski definition) is 1. The zero-order valence-electron chi connectivity index (χ0n) is 11.9. The third-order valence-corrected chi connectivity index (χ3v) is 4.25. The van der Waals surface area contributed by atoms with E-state index in [0.717, 1.165) is 4.47 Å². The van der Waals surface area contributed by atoms with Crippen LogP contribution in [0.2, 0.25) is 0 Å². The van der Waals surface area contributed by atoms with E-state index in [1.54, 1.807) is 0 Å². The first-order valence-electron chi connectivity index (χ1n) is 6.85. The summed E-state index contributed by atoms with van der Waals surface area (Å²) in [7, 11) is 0. The van der Waals surface area contributed by atoms with Crippen LogP contribution in [0.3, 0.4) is 0 Å². The number of benzene rings is 1. The second-order valence-electron chi connectivity index (χ2n) is 5.19. The van der Waals surface area contributed by atoms with Crippen LogP contribution in [-0.4, -0.2) is 28.1 Å². The number of aromatic nitrogens is 2. The van der Waals surface area contributed by atoms with Crippen molar-refractivity contribution in [1.82, 2.24) is 9.78 Å². The van der Waals surface area contributed by atoms with Gasteiger partial charge in [-0.05, 0) is 24.3 Å². The predicted molar refractivity (Wildman–Crippen MR) is 85.6 cm³/mol. The molecule has 0 saturated carbocycles. The average Bonchev–Trinajstić information content (AvgIpc) is 3.11. The van der Waals surface area contributed by atoms with Crippen molar-refractivity contribution < 1.29 is 9.59 Å². The standard InChI is InChI=1S/C15H12BrN5O2/c16-11-1-3-12(4-2-11)21-15(10(6-17)7-19-21)20-8-9(14(18)23)5-13(20)22/h1-4,7,9H,5,8H2,(H2,18,23). The van der Waals surface area contributed by atoms with Gasteiger partial charge in [0.1, 0.15) is 11.6 Å². The molecule has 2 amide bonds. The van der Waals surface area contributed by atoms with Gasteiger partial charge in [0, 0.05) is 17.4 Å². The maximum atomic E-state index is 12.3. The number of primary amides is 1. The van der Waals surface area contributed by atoms with Gasteiger partial charge in [-0.3, -0.25) is 14.5 Å². The normalized spacial score (nSPS) is 17.3. The molecule has 2 heterocycles. The van der Waals surface area contributed by atoms with Crippen LogP contribution in [0.1, 0.15) is 12.0 Å². The number of nitriles is 1. The van der Waals surface area contributed by atoms with E-state index in [4.69, 9.17) is 5.73 Å². The Morgan fingerprint density at radius 1 is 1.39 bits per heavy atom. The Kier molecular flexibility index (Phi) is 3.88. The second-order valence-corrected chi connectivity index (χ2v) is 6.11. The van der Waals surface area contributed by atoms with Crippen molar-refractivity contribution in [3.63, 3.8) is 0 Å². The van der Waals surface area contributed by atoms with Gasteiger partial charge >= 0.3 is 0 Å². The summed E-state index contributed by atoms with van der Waals surface area (Å²) in [6.07, 6.45) is 1.45. The molecular weight excluding hydrogens is 362 g/mol. The number of anilines is 1. The highest BCUT2D eigenvalue weighted by atomic mass is 79.9. The maximum absolute atomic E-state index is 12.3. The van der Waals surface area contributed by atoms with E-state index >= 15 is 0 Å². The molecule has 8 heteroatoms. The van der Waals surface area contributed by atoms with E-state index in [-0.39, 0.29) is 24.4 Å². The van der Waals surface area contributed by atoms with Gasteiger partial charge in [0.05, 0.1) is 17.8 Å². The highest BCUT2D eigenvalue weighted by Crippen LogP contribution is 2.30. The van der Waals surface area contributed by atoms with Gasteiger partial charge in [-0.2, -0.15) is 10.4 Å². The Bertz CT molecular complexity index is 821. The van der Waals surface area contributed by atoms with Gasteiger partial charge < -0.3 is 5.73 Å². The highest BCUT2D eigenvalue weighted by molar-refractivity contribution is 9.10. The van der Waals surface area contributed by atoms with Gasteiger partial charge in [-0.25, -0.2) is 4.68 Å². The largest absolute Gasteiger partial charge is 0.369 e. The molecule has 1 saturated heterocycles. The van der Waals surface area contributed by atoms with Crippen LogP contribution in [0.4, 0.5) is 5.82 Å². The van der Waals surface area contributed by atoms with E-state index in [9.17, 15) is 14.9 Å². The molecule has 0 spiro atoms. The summed E-state index contributed by atoms with van der Waals surface area (Å²) in [5.41, 5.74) is 6.28. The van der Waals surface area contributed by atoms with Gasteiger partial charge in [0.2, 0.25) is 11.8 Å². The molecule has 23 heavy (non-hydrogen) atoms. The zero-order chi connectivity index (χ0) is 16.6. The van der Waals surface area contributed by atoms with Gasteiger partial charge in [-0.15, -0.1) is 0 Å². The van der Waals surface area contributed by atoms with Crippen LogP contribution in [0.5, 0.6) is 0 Å². The molecule has 1 aromatic carbocycles. The first-order valence-corrected chi connectivity index (χ1v) is 7.64. The van der Waals surface area contributed by atoms with Crippen LogP contribution in [0, 0.1) is 17.2 Å². The summed E-state index contributed by atoms with van der Waals surface area (Å²) in [5.74, 6) is -0.955. The van der Waals surface area contributed by atoms with Crippen molar-refractivity contribution in [2.75, 3.05) is 11.4 Å². The molecule has 0 bridgehead atoms. The minimum Gasteiger partial charge on any atom is -0.369 e. The topological polar surface area (TPSA) is 105 Å². The lowest BCUT2D eigenvalue weighted by atomic mass is 10.1. The molecule has 1 unspecified atom stereocenters. The average molecular weight is 374 g/mol. The fourth-order valence-corrected chi connectivity index (χ4v) is 2.82. The highest BCUT2D eigenvalue weighted by Gasteiger charge is 2.37. The molecule has 2 N–H and O–H groups in total. The zero-order valence-corrected chi connectivity index (χ0v) is 13.5. The lowest BCUT2D eigenvalue weighted by Gasteiger charge is -2.18. The third kappa shape index (κ3) is 2.71. The van der Waals surface area contributed by atoms with Crippen LogP contribution in [0.15, 0.2) is 34.9 Å². The lowest BCUT2D eigenvalue weighted by molar-refractivity contribution is -0.123. The van der Waals surface area contributed by atoms with Crippen LogP contribution >= 0.6 is 15.9 Å². The Balaban J connectivity index is 2.07. The Hall–Kier alpha value is -2.66. The number of halogens is 1. The van der Waals surface area contributed by atoms with Crippen molar-refractivity contribution in [3.8, 4) is 11.8 Å². The number of nitrogens with two attached hydrogens (primary N) is 1. The number of amides is 2. The summed E-state index contributed by atoms with van der Waals surface area (Å²) < 4.78 is 2.42. The van der Waals surface area contributed by atoms with E-state index in [0.29, 0.717) is 11.5 Å². The quantitative estimate of drug-likeness (QED) is 0.875. The minimum atomic E-state index is -0.553.